The van der Waals surface area contributed by atoms with Crippen LogP contribution >= 0.6 is 0 Å². The third-order valence-corrected chi connectivity index (χ3v) is 10.9. The maximum atomic E-state index is 4.50. The summed E-state index contributed by atoms with van der Waals surface area (Å²) in [6.45, 7) is 2.63. The van der Waals surface area contributed by atoms with Crippen molar-refractivity contribution in [3.05, 3.63) is 54.6 Å². The van der Waals surface area contributed by atoms with E-state index in [1.807, 2.05) is 0 Å². The fraction of sp³-hybridized carbons (Fsp3) is 0.524. The standard InChI is InChI=1S/C18H24Si.3CH5N/c1-19(18-14-8-9-15-18,16-10-4-2-5-11-16)17-12-6-3-7-13-17;3*1-2/h2,4-5,8-11,14-15,17-18H,3,6-7,12-13H2,1H3;3*2H2,1H3. The first kappa shape index (κ1) is 23.8. The van der Waals surface area contributed by atoms with E-state index < -0.39 is 8.07 Å². The van der Waals surface area contributed by atoms with E-state index in [1.54, 1.807) is 5.19 Å². The Morgan fingerprint density at radius 2 is 1.24 bits per heavy atom. The van der Waals surface area contributed by atoms with Crippen LogP contribution in [-0.2, 0) is 0 Å². The zero-order chi connectivity index (χ0) is 19.1. The van der Waals surface area contributed by atoms with Crippen LogP contribution < -0.4 is 22.4 Å². The highest BCUT2D eigenvalue weighted by atomic mass is 28.3. The van der Waals surface area contributed by atoms with Gasteiger partial charge in [0, 0.05) is 0 Å². The first-order valence-electron chi connectivity index (χ1n) is 9.45. The van der Waals surface area contributed by atoms with Crippen LogP contribution in [0.2, 0.25) is 17.6 Å². The second kappa shape index (κ2) is 14.0. The van der Waals surface area contributed by atoms with E-state index in [2.05, 4.69) is 78.4 Å². The number of benzene rings is 1. The highest BCUT2D eigenvalue weighted by molar-refractivity contribution is 6.94. The van der Waals surface area contributed by atoms with E-state index in [0.29, 0.717) is 5.54 Å². The van der Waals surface area contributed by atoms with Crippen molar-refractivity contribution in [3.63, 3.8) is 0 Å². The van der Waals surface area contributed by atoms with Crippen molar-refractivity contribution in [2.24, 2.45) is 17.2 Å². The molecule has 3 nitrogen and oxygen atoms in total. The molecule has 1 atom stereocenters. The van der Waals surface area contributed by atoms with Crippen molar-refractivity contribution in [2.45, 2.75) is 49.7 Å². The molecule has 6 N–H and O–H groups in total. The van der Waals surface area contributed by atoms with Gasteiger partial charge in [-0.2, -0.15) is 0 Å². The van der Waals surface area contributed by atoms with Gasteiger partial charge in [0.25, 0.3) is 0 Å². The highest BCUT2D eigenvalue weighted by Gasteiger charge is 2.43. The van der Waals surface area contributed by atoms with Crippen LogP contribution in [0.3, 0.4) is 0 Å². The minimum absolute atomic E-state index is 0.706. The topological polar surface area (TPSA) is 78.1 Å². The SMILES string of the molecule is CN.CN.CN.C[Si](c1ccccc1)(C1C=CC=C1)C1CCCCC1. The lowest BCUT2D eigenvalue weighted by Gasteiger charge is -2.42. The summed E-state index contributed by atoms with van der Waals surface area (Å²) in [4.78, 5) is 0. The number of rotatable bonds is 3. The van der Waals surface area contributed by atoms with Gasteiger partial charge in [0.1, 0.15) is 0 Å². The molecule has 2 aliphatic rings. The van der Waals surface area contributed by atoms with Gasteiger partial charge in [0.2, 0.25) is 0 Å². The van der Waals surface area contributed by atoms with Gasteiger partial charge < -0.3 is 17.2 Å². The zero-order valence-corrected chi connectivity index (χ0v) is 17.6. The molecule has 1 saturated carbocycles. The molecule has 1 aromatic rings. The lowest BCUT2D eigenvalue weighted by atomic mass is 10.0. The van der Waals surface area contributed by atoms with Crippen LogP contribution in [0.4, 0.5) is 0 Å². The van der Waals surface area contributed by atoms with Gasteiger partial charge in [-0.05, 0) is 32.2 Å². The van der Waals surface area contributed by atoms with Crippen LogP contribution in [0.15, 0.2) is 54.6 Å². The molecule has 142 valence electrons. The van der Waals surface area contributed by atoms with Gasteiger partial charge in [0.15, 0.2) is 0 Å². The van der Waals surface area contributed by atoms with E-state index in [9.17, 15) is 0 Å². The maximum absolute atomic E-state index is 4.50. The van der Waals surface area contributed by atoms with E-state index in [1.165, 1.54) is 53.2 Å². The predicted molar refractivity (Wildman–Crippen MR) is 117 cm³/mol. The largest absolute Gasteiger partial charge is 0.333 e. The highest BCUT2D eigenvalue weighted by Crippen LogP contribution is 2.44. The third-order valence-electron chi connectivity index (χ3n) is 5.29. The average molecular weight is 362 g/mol. The molecule has 0 amide bonds. The minimum Gasteiger partial charge on any atom is -0.333 e. The molecule has 1 fully saturated rings. The Labute approximate surface area is 156 Å². The van der Waals surface area contributed by atoms with E-state index in [4.69, 9.17) is 0 Å². The van der Waals surface area contributed by atoms with E-state index in [0.717, 1.165) is 5.54 Å². The van der Waals surface area contributed by atoms with Crippen LogP contribution in [0.25, 0.3) is 0 Å². The first-order valence-corrected chi connectivity index (χ1v) is 12.1. The molecule has 0 aliphatic heterocycles. The summed E-state index contributed by atoms with van der Waals surface area (Å²) in [6, 6.07) is 11.4. The van der Waals surface area contributed by atoms with Gasteiger partial charge in [-0.3, -0.25) is 0 Å². The quantitative estimate of drug-likeness (QED) is 0.721. The van der Waals surface area contributed by atoms with Gasteiger partial charge in [-0.15, -0.1) is 0 Å². The Balaban J connectivity index is 0.000000871. The normalized spacial score (nSPS) is 18.7. The maximum Gasteiger partial charge on any atom is 0.0971 e. The summed E-state index contributed by atoms with van der Waals surface area (Å²) < 4.78 is 0. The summed E-state index contributed by atoms with van der Waals surface area (Å²) in [5.41, 5.74) is 15.2. The van der Waals surface area contributed by atoms with Crippen LogP contribution in [0, 0.1) is 0 Å². The molecule has 4 heteroatoms. The first-order chi connectivity index (χ1) is 12.3. The number of hydrogen-bond donors (Lipinski definition) is 3. The second-order valence-corrected chi connectivity index (χ2v) is 10.9. The van der Waals surface area contributed by atoms with E-state index >= 15 is 0 Å². The van der Waals surface area contributed by atoms with Crippen molar-refractivity contribution in [3.8, 4) is 0 Å². The smallest absolute Gasteiger partial charge is 0.0971 e. The van der Waals surface area contributed by atoms with Crippen LogP contribution in [-0.4, -0.2) is 29.2 Å². The van der Waals surface area contributed by atoms with Crippen molar-refractivity contribution in [1.82, 2.24) is 0 Å². The molecule has 0 spiro atoms. The molecule has 3 rings (SSSR count). The summed E-state index contributed by atoms with van der Waals surface area (Å²) in [5, 5.41) is 1.66. The number of allylic oxidation sites excluding steroid dienone is 4. The minimum atomic E-state index is -1.47. The molecule has 1 unspecified atom stereocenters. The molecule has 25 heavy (non-hydrogen) atoms. The molecular formula is C21H39N3Si. The Hall–Kier alpha value is -1.20. The third kappa shape index (κ3) is 6.23. The summed E-state index contributed by atoms with van der Waals surface area (Å²) in [6.07, 6.45) is 16.7. The molecule has 0 aromatic heterocycles. The van der Waals surface area contributed by atoms with Crippen molar-refractivity contribution < 1.29 is 0 Å². The van der Waals surface area contributed by atoms with Gasteiger partial charge >= 0.3 is 0 Å². The van der Waals surface area contributed by atoms with Crippen molar-refractivity contribution in [2.75, 3.05) is 21.1 Å². The Kier molecular flexibility index (Phi) is 13.3. The van der Waals surface area contributed by atoms with Crippen LogP contribution in [0.5, 0.6) is 0 Å². The average Bonchev–Trinajstić information content (AvgIpc) is 3.29. The Bertz CT molecular complexity index is 469. The van der Waals surface area contributed by atoms with Crippen molar-refractivity contribution >= 4 is 13.3 Å². The van der Waals surface area contributed by atoms with E-state index in [-0.39, 0.29) is 0 Å². The molecule has 0 bridgehead atoms. The Morgan fingerprint density at radius 3 is 1.72 bits per heavy atom. The van der Waals surface area contributed by atoms with Crippen LogP contribution in [0.1, 0.15) is 32.1 Å². The summed E-state index contributed by atoms with van der Waals surface area (Å²) in [5.74, 6) is 0. The van der Waals surface area contributed by atoms with Crippen molar-refractivity contribution in [1.29, 1.82) is 0 Å². The monoisotopic (exact) mass is 361 g/mol. The molecule has 0 saturated heterocycles. The molecule has 1 aromatic carbocycles. The fourth-order valence-corrected chi connectivity index (χ4v) is 8.97. The number of hydrogen-bond acceptors (Lipinski definition) is 3. The lowest BCUT2D eigenvalue weighted by molar-refractivity contribution is 0.492. The fourth-order valence-electron chi connectivity index (χ4n) is 4.03. The predicted octanol–water partition coefficient (Wildman–Crippen LogP) is 3.53. The Morgan fingerprint density at radius 1 is 0.760 bits per heavy atom. The number of nitrogens with two attached hydrogens (primary N) is 3. The van der Waals surface area contributed by atoms with Gasteiger partial charge in [-0.1, -0.05) is 98.5 Å². The second-order valence-electron chi connectivity index (χ2n) is 6.28. The lowest BCUT2D eigenvalue weighted by Crippen LogP contribution is -2.52. The summed E-state index contributed by atoms with van der Waals surface area (Å²) in [7, 11) is 3.03. The molecular weight excluding hydrogens is 322 g/mol. The summed E-state index contributed by atoms with van der Waals surface area (Å²) >= 11 is 0. The molecule has 2 aliphatic carbocycles. The molecule has 0 heterocycles. The molecule has 0 radical (unpaired) electrons. The van der Waals surface area contributed by atoms with Gasteiger partial charge in [0.05, 0.1) is 8.07 Å². The zero-order valence-electron chi connectivity index (χ0n) is 16.6. The van der Waals surface area contributed by atoms with Gasteiger partial charge in [-0.25, -0.2) is 0 Å².